The van der Waals surface area contributed by atoms with E-state index in [1.807, 2.05) is 13.8 Å². The molecule has 3 N–H and O–H groups in total. The Morgan fingerprint density at radius 2 is 2.05 bits per heavy atom. The molecule has 1 aliphatic carbocycles. The lowest BCUT2D eigenvalue weighted by atomic mass is 9.75. The summed E-state index contributed by atoms with van der Waals surface area (Å²) in [5, 5.41) is 3.24. The molecular weight excluding hydrogens is 236 g/mol. The molecule has 0 aromatic heterocycles. The third kappa shape index (κ3) is 6.42. The van der Waals surface area contributed by atoms with E-state index >= 15 is 0 Å². The van der Waals surface area contributed by atoms with E-state index in [0.717, 1.165) is 32.1 Å². The first-order valence-electron chi connectivity index (χ1n) is 7.86. The first-order chi connectivity index (χ1) is 8.80. The van der Waals surface area contributed by atoms with Gasteiger partial charge in [0, 0.05) is 18.0 Å². The molecule has 1 aliphatic rings. The number of carbonyl (C=O) groups is 1. The minimum absolute atomic E-state index is 0.115. The van der Waals surface area contributed by atoms with E-state index in [4.69, 9.17) is 5.73 Å². The Hall–Kier alpha value is -0.570. The van der Waals surface area contributed by atoms with Crippen LogP contribution in [0.4, 0.5) is 0 Å². The van der Waals surface area contributed by atoms with E-state index in [2.05, 4.69) is 19.2 Å². The van der Waals surface area contributed by atoms with Gasteiger partial charge >= 0.3 is 0 Å². The number of nitrogens with one attached hydrogen (secondary N) is 1. The molecular formula is C16H32N2O. The molecule has 1 fully saturated rings. The highest BCUT2D eigenvalue weighted by molar-refractivity contribution is 5.78. The van der Waals surface area contributed by atoms with Crippen LogP contribution in [0.5, 0.6) is 0 Å². The van der Waals surface area contributed by atoms with Crippen molar-refractivity contribution in [1.82, 2.24) is 5.32 Å². The number of hydrogen-bond donors (Lipinski definition) is 2. The first kappa shape index (κ1) is 16.5. The van der Waals surface area contributed by atoms with E-state index in [-0.39, 0.29) is 17.9 Å². The second kappa shape index (κ2) is 7.28. The largest absolute Gasteiger partial charge is 0.353 e. The van der Waals surface area contributed by atoms with Gasteiger partial charge in [-0.15, -0.1) is 0 Å². The zero-order valence-electron chi connectivity index (χ0n) is 13.2. The predicted octanol–water partition coefficient (Wildman–Crippen LogP) is 3.23. The zero-order valence-corrected chi connectivity index (χ0v) is 13.2. The van der Waals surface area contributed by atoms with Crippen LogP contribution in [0, 0.1) is 11.3 Å². The minimum Gasteiger partial charge on any atom is -0.353 e. The number of hydrogen-bond acceptors (Lipinski definition) is 2. The van der Waals surface area contributed by atoms with Gasteiger partial charge in [-0.3, -0.25) is 4.79 Å². The standard InChI is InChI=1S/C16H32N2O/c1-12(7-5-8-13(2)17)15(19)18-14-9-6-10-16(3,4)11-14/h12-14H,5-11,17H2,1-4H3,(H,18,19). The monoisotopic (exact) mass is 268 g/mol. The molecule has 1 rings (SSSR count). The van der Waals surface area contributed by atoms with Crippen molar-refractivity contribution in [2.45, 2.75) is 84.7 Å². The molecule has 19 heavy (non-hydrogen) atoms. The smallest absolute Gasteiger partial charge is 0.223 e. The molecule has 112 valence electrons. The SMILES string of the molecule is CC(N)CCCC(C)C(=O)NC1CCCC(C)(C)C1. The highest BCUT2D eigenvalue weighted by Gasteiger charge is 2.29. The van der Waals surface area contributed by atoms with Crippen molar-refractivity contribution in [1.29, 1.82) is 0 Å². The summed E-state index contributed by atoms with van der Waals surface area (Å²) in [4.78, 5) is 12.2. The first-order valence-corrected chi connectivity index (χ1v) is 7.86. The predicted molar refractivity (Wildman–Crippen MR) is 80.8 cm³/mol. The van der Waals surface area contributed by atoms with Crippen LogP contribution in [0.1, 0.15) is 72.6 Å². The summed E-state index contributed by atoms with van der Waals surface area (Å²) in [7, 11) is 0. The third-order valence-corrected chi connectivity index (χ3v) is 4.30. The molecule has 3 nitrogen and oxygen atoms in total. The molecule has 0 heterocycles. The highest BCUT2D eigenvalue weighted by atomic mass is 16.1. The minimum atomic E-state index is 0.115. The van der Waals surface area contributed by atoms with Crippen LogP contribution in [0.3, 0.4) is 0 Å². The Bertz CT molecular complexity index is 286. The van der Waals surface area contributed by atoms with Gasteiger partial charge < -0.3 is 11.1 Å². The number of amides is 1. The van der Waals surface area contributed by atoms with Gasteiger partial charge in [-0.1, -0.05) is 33.6 Å². The molecule has 0 aromatic rings. The van der Waals surface area contributed by atoms with E-state index in [0.29, 0.717) is 11.5 Å². The van der Waals surface area contributed by atoms with Crippen molar-refractivity contribution >= 4 is 5.91 Å². The molecule has 0 spiro atoms. The van der Waals surface area contributed by atoms with Crippen LogP contribution >= 0.6 is 0 Å². The summed E-state index contributed by atoms with van der Waals surface area (Å²) in [6, 6.07) is 0.626. The molecule has 3 atom stereocenters. The van der Waals surface area contributed by atoms with Gasteiger partial charge in [-0.2, -0.15) is 0 Å². The molecule has 0 radical (unpaired) electrons. The lowest BCUT2D eigenvalue weighted by Crippen LogP contribution is -2.42. The Morgan fingerprint density at radius 3 is 2.63 bits per heavy atom. The summed E-state index contributed by atoms with van der Waals surface area (Å²) in [6.07, 6.45) is 7.77. The Kier molecular flexibility index (Phi) is 6.31. The van der Waals surface area contributed by atoms with Crippen LogP contribution in [-0.2, 0) is 4.79 Å². The van der Waals surface area contributed by atoms with Crippen molar-refractivity contribution in [2.24, 2.45) is 17.1 Å². The van der Waals surface area contributed by atoms with Gasteiger partial charge in [0.15, 0.2) is 0 Å². The Labute approximate surface area is 118 Å². The fraction of sp³-hybridized carbons (Fsp3) is 0.938. The van der Waals surface area contributed by atoms with E-state index in [1.54, 1.807) is 0 Å². The van der Waals surface area contributed by atoms with Crippen molar-refractivity contribution in [3.8, 4) is 0 Å². The quantitative estimate of drug-likeness (QED) is 0.777. The molecule has 0 aromatic carbocycles. The van der Waals surface area contributed by atoms with E-state index < -0.39 is 0 Å². The molecule has 0 saturated heterocycles. The molecule has 1 amide bonds. The summed E-state index contributed by atoms with van der Waals surface area (Å²) in [5.74, 6) is 0.344. The molecule has 3 unspecified atom stereocenters. The number of carbonyl (C=O) groups excluding carboxylic acids is 1. The Morgan fingerprint density at radius 1 is 1.37 bits per heavy atom. The third-order valence-electron chi connectivity index (χ3n) is 4.30. The van der Waals surface area contributed by atoms with E-state index in [9.17, 15) is 4.79 Å². The summed E-state index contributed by atoms with van der Waals surface area (Å²) < 4.78 is 0. The van der Waals surface area contributed by atoms with Crippen molar-refractivity contribution in [3.05, 3.63) is 0 Å². The summed E-state index contributed by atoms with van der Waals surface area (Å²) in [5.41, 5.74) is 6.12. The molecule has 1 saturated carbocycles. The fourth-order valence-electron chi connectivity index (χ4n) is 3.04. The van der Waals surface area contributed by atoms with Crippen molar-refractivity contribution in [3.63, 3.8) is 0 Å². The maximum atomic E-state index is 12.2. The van der Waals surface area contributed by atoms with Crippen molar-refractivity contribution < 1.29 is 4.79 Å². The molecule has 0 bridgehead atoms. The molecule has 3 heteroatoms. The van der Waals surface area contributed by atoms with Gasteiger partial charge in [0.05, 0.1) is 0 Å². The van der Waals surface area contributed by atoms with Crippen LogP contribution in [0.15, 0.2) is 0 Å². The van der Waals surface area contributed by atoms with Crippen LogP contribution in [0.2, 0.25) is 0 Å². The van der Waals surface area contributed by atoms with E-state index in [1.165, 1.54) is 12.8 Å². The second-order valence-electron chi connectivity index (χ2n) is 7.28. The van der Waals surface area contributed by atoms with Crippen molar-refractivity contribution in [2.75, 3.05) is 0 Å². The zero-order chi connectivity index (χ0) is 14.5. The average Bonchev–Trinajstić information content (AvgIpc) is 2.26. The summed E-state index contributed by atoms with van der Waals surface area (Å²) >= 11 is 0. The Balaban J connectivity index is 2.29. The number of nitrogens with two attached hydrogens (primary N) is 1. The average molecular weight is 268 g/mol. The highest BCUT2D eigenvalue weighted by Crippen LogP contribution is 2.35. The van der Waals surface area contributed by atoms with Crippen LogP contribution < -0.4 is 11.1 Å². The summed E-state index contributed by atoms with van der Waals surface area (Å²) in [6.45, 7) is 8.66. The maximum Gasteiger partial charge on any atom is 0.223 e. The normalized spacial score (nSPS) is 25.6. The second-order valence-corrected chi connectivity index (χ2v) is 7.28. The topological polar surface area (TPSA) is 55.1 Å². The fourth-order valence-corrected chi connectivity index (χ4v) is 3.04. The van der Waals surface area contributed by atoms with Gasteiger partial charge in [0.2, 0.25) is 5.91 Å². The van der Waals surface area contributed by atoms with Crippen LogP contribution in [0.25, 0.3) is 0 Å². The number of rotatable bonds is 6. The maximum absolute atomic E-state index is 12.2. The van der Waals surface area contributed by atoms with Gasteiger partial charge in [-0.05, 0) is 44.4 Å². The lowest BCUT2D eigenvalue weighted by Gasteiger charge is -2.36. The van der Waals surface area contributed by atoms with Gasteiger partial charge in [0.1, 0.15) is 0 Å². The van der Waals surface area contributed by atoms with Gasteiger partial charge in [-0.25, -0.2) is 0 Å². The van der Waals surface area contributed by atoms with Crippen LogP contribution in [-0.4, -0.2) is 18.0 Å². The molecule has 0 aliphatic heterocycles. The lowest BCUT2D eigenvalue weighted by molar-refractivity contribution is -0.125. The van der Waals surface area contributed by atoms with Gasteiger partial charge in [0.25, 0.3) is 0 Å².